The fourth-order valence-corrected chi connectivity index (χ4v) is 0. The number of hydrogen-bond donors (Lipinski definition) is 1. The predicted octanol–water partition coefficient (Wildman–Crippen LogP) is -1.10. The number of rotatable bonds is 1. The Balaban J connectivity index is -0.000000125. The Bertz CT molecular complexity index is 80.5. The molecule has 1 N–H and O–H groups in total. The van der Waals surface area contributed by atoms with E-state index in [-0.39, 0.29) is 67.3 Å². The summed E-state index contributed by atoms with van der Waals surface area (Å²) in [6, 6.07) is 0. The van der Waals surface area contributed by atoms with Gasteiger partial charge in [0.1, 0.15) is 0 Å². The van der Waals surface area contributed by atoms with Crippen molar-refractivity contribution in [3.8, 4) is 0 Å². The zero-order chi connectivity index (χ0) is 5.15. The van der Waals surface area contributed by atoms with Crippen LogP contribution in [-0.2, 0) is 9.59 Å². The minimum Gasteiger partial charge on any atom is -0.476 e. The number of carboxylic acid groups (broad SMARTS) is 1. The summed E-state index contributed by atoms with van der Waals surface area (Å²) < 4.78 is 0. The smallest absolute Gasteiger partial charge is 0.371 e. The standard InChI is InChI=1S/C3H4O3.Ca.Na/c1-2(4)3(5)6;;/h1H3,(H,5,6);;. The van der Waals surface area contributed by atoms with Crippen LogP contribution in [0.3, 0.4) is 0 Å². The molecule has 0 unspecified atom stereocenters. The molecule has 8 heavy (non-hydrogen) atoms. The van der Waals surface area contributed by atoms with Gasteiger partial charge in [-0.15, -0.1) is 0 Å². The van der Waals surface area contributed by atoms with Gasteiger partial charge in [-0.1, -0.05) is 0 Å². The van der Waals surface area contributed by atoms with Crippen LogP contribution in [0.25, 0.3) is 0 Å². The van der Waals surface area contributed by atoms with Crippen LogP contribution in [-0.4, -0.2) is 84.2 Å². The van der Waals surface area contributed by atoms with E-state index in [9.17, 15) is 9.59 Å². The summed E-state index contributed by atoms with van der Waals surface area (Å²) in [5.41, 5.74) is 0. The van der Waals surface area contributed by atoms with E-state index in [1.807, 2.05) is 0 Å². The predicted molar refractivity (Wildman–Crippen MR) is 29.8 cm³/mol. The number of Topliss-reactive ketones (excluding diaryl/α,β-unsaturated/α-hetero) is 1. The van der Waals surface area contributed by atoms with Crippen LogP contribution in [0.15, 0.2) is 0 Å². The van der Waals surface area contributed by atoms with E-state index in [1.54, 1.807) is 0 Å². The van der Waals surface area contributed by atoms with Gasteiger partial charge in [-0.3, -0.25) is 4.79 Å². The monoisotopic (exact) mass is 151 g/mol. The maximum absolute atomic E-state index is 9.54. The summed E-state index contributed by atoms with van der Waals surface area (Å²) in [5, 5.41) is 7.64. The van der Waals surface area contributed by atoms with E-state index in [4.69, 9.17) is 5.11 Å². The second kappa shape index (κ2) is 8.40. The van der Waals surface area contributed by atoms with Crippen LogP contribution >= 0.6 is 0 Å². The molecule has 0 bridgehead atoms. The van der Waals surface area contributed by atoms with Crippen LogP contribution in [0, 0.1) is 0 Å². The second-order valence-electron chi connectivity index (χ2n) is 0.861. The van der Waals surface area contributed by atoms with E-state index < -0.39 is 11.8 Å². The molecule has 5 heteroatoms. The largest absolute Gasteiger partial charge is 0.476 e. The van der Waals surface area contributed by atoms with Crippen molar-refractivity contribution in [2.75, 3.05) is 0 Å². The van der Waals surface area contributed by atoms with Crippen LogP contribution in [0.5, 0.6) is 0 Å². The van der Waals surface area contributed by atoms with E-state index in [2.05, 4.69) is 0 Å². The van der Waals surface area contributed by atoms with Crippen molar-refractivity contribution < 1.29 is 14.7 Å². The third-order valence-electron chi connectivity index (χ3n) is 0.301. The van der Waals surface area contributed by atoms with Crippen molar-refractivity contribution in [2.45, 2.75) is 6.92 Å². The normalized spacial score (nSPS) is 5.62. The van der Waals surface area contributed by atoms with E-state index in [0.29, 0.717) is 0 Å². The van der Waals surface area contributed by atoms with Gasteiger partial charge in [-0.25, -0.2) is 4.79 Å². The summed E-state index contributed by atoms with van der Waals surface area (Å²) in [5.74, 6) is -2.20. The van der Waals surface area contributed by atoms with Gasteiger partial charge in [-0.05, 0) is 0 Å². The second-order valence-corrected chi connectivity index (χ2v) is 0.861. The SMILES string of the molecule is CC(=O)C(=O)O.[Ca].[Na]. The number of carbonyl (C=O) groups excluding carboxylic acids is 1. The number of ketones is 1. The van der Waals surface area contributed by atoms with Gasteiger partial charge in [0.25, 0.3) is 0 Å². The van der Waals surface area contributed by atoms with Crippen LogP contribution in [0.2, 0.25) is 0 Å². The summed E-state index contributed by atoms with van der Waals surface area (Å²) in [6.07, 6.45) is 0. The first-order valence-electron chi connectivity index (χ1n) is 1.38. The molecule has 3 nitrogen and oxygen atoms in total. The van der Waals surface area contributed by atoms with Gasteiger partial charge in [0.05, 0.1) is 0 Å². The third-order valence-corrected chi connectivity index (χ3v) is 0.301. The summed E-state index contributed by atoms with van der Waals surface area (Å²) in [7, 11) is 0. The van der Waals surface area contributed by atoms with Crippen molar-refractivity contribution in [1.29, 1.82) is 0 Å². The first-order chi connectivity index (χ1) is 2.64. The van der Waals surface area contributed by atoms with Gasteiger partial charge in [0, 0.05) is 74.2 Å². The molecule has 0 heterocycles. The molecule has 3 radical (unpaired) electrons. The summed E-state index contributed by atoms with van der Waals surface area (Å²) >= 11 is 0. The zero-order valence-corrected chi connectivity index (χ0v) is 9.18. The fraction of sp³-hybridized carbons (Fsp3) is 0.333. The molecule has 0 amide bonds. The third kappa shape index (κ3) is 10.4. The Morgan fingerprint density at radius 1 is 1.38 bits per heavy atom. The number of hydrogen-bond acceptors (Lipinski definition) is 2. The van der Waals surface area contributed by atoms with Crippen LogP contribution < -0.4 is 0 Å². The van der Waals surface area contributed by atoms with Gasteiger partial charge in [-0.2, -0.15) is 0 Å². The average molecular weight is 151 g/mol. The summed E-state index contributed by atoms with van der Waals surface area (Å²) in [6.45, 7) is 1.00. The average Bonchev–Trinajstić information content (AvgIpc) is 1.36. The molecular weight excluding hydrogens is 147 g/mol. The van der Waals surface area contributed by atoms with Crippen LogP contribution in [0.1, 0.15) is 6.92 Å². The Morgan fingerprint density at radius 3 is 1.50 bits per heavy atom. The molecule has 0 aliphatic heterocycles. The summed E-state index contributed by atoms with van der Waals surface area (Å²) in [4.78, 5) is 18.9. The Labute approximate surface area is 99.1 Å². The number of aliphatic carboxylic acids is 1. The van der Waals surface area contributed by atoms with E-state index in [1.165, 1.54) is 0 Å². The maximum atomic E-state index is 9.54. The Morgan fingerprint density at radius 2 is 1.50 bits per heavy atom. The molecule has 37 valence electrons. The molecule has 0 aromatic heterocycles. The molecule has 0 saturated heterocycles. The molecule has 0 aliphatic carbocycles. The molecule has 0 atom stereocenters. The van der Waals surface area contributed by atoms with Crippen molar-refractivity contribution in [3.63, 3.8) is 0 Å². The Kier molecular flexibility index (Phi) is 17.0. The molecular formula is C3H4CaNaO3. The Hall–Kier alpha value is 1.40. The van der Waals surface area contributed by atoms with Gasteiger partial charge >= 0.3 is 5.97 Å². The first kappa shape index (κ1) is 16.2. The van der Waals surface area contributed by atoms with E-state index in [0.717, 1.165) is 6.92 Å². The van der Waals surface area contributed by atoms with Crippen molar-refractivity contribution in [2.24, 2.45) is 0 Å². The molecule has 0 spiro atoms. The minimum atomic E-state index is -1.38. The quantitative estimate of drug-likeness (QED) is 0.382. The first-order valence-corrected chi connectivity index (χ1v) is 1.38. The topological polar surface area (TPSA) is 54.4 Å². The van der Waals surface area contributed by atoms with Crippen LogP contribution in [0.4, 0.5) is 0 Å². The minimum absolute atomic E-state index is 0. The number of carbonyl (C=O) groups is 2. The van der Waals surface area contributed by atoms with Crippen molar-refractivity contribution in [1.82, 2.24) is 0 Å². The molecule has 0 aromatic rings. The zero-order valence-electron chi connectivity index (χ0n) is 4.97. The molecule has 0 aromatic carbocycles. The molecule has 0 fully saturated rings. The van der Waals surface area contributed by atoms with Gasteiger partial charge in [0.2, 0.25) is 5.78 Å². The molecule has 0 aliphatic rings. The van der Waals surface area contributed by atoms with Gasteiger partial charge < -0.3 is 5.11 Å². The van der Waals surface area contributed by atoms with E-state index >= 15 is 0 Å². The molecule has 0 saturated carbocycles. The molecule has 0 rings (SSSR count). The fourth-order valence-electron chi connectivity index (χ4n) is 0. The van der Waals surface area contributed by atoms with Gasteiger partial charge in [0.15, 0.2) is 0 Å². The van der Waals surface area contributed by atoms with Crippen molar-refractivity contribution >= 4 is 79.0 Å². The maximum Gasteiger partial charge on any atom is 0.371 e. The number of carboxylic acids is 1. The van der Waals surface area contributed by atoms with Crippen molar-refractivity contribution in [3.05, 3.63) is 0 Å².